The molecule has 2 aromatic heterocycles. The van der Waals surface area contributed by atoms with Crippen LogP contribution in [0.15, 0.2) is 47.3 Å². The van der Waals surface area contributed by atoms with Crippen molar-refractivity contribution in [2.45, 2.75) is 19.0 Å². The molecule has 8 heteroatoms. The number of H-pyrrole nitrogens is 1. The van der Waals surface area contributed by atoms with Crippen molar-refractivity contribution in [1.82, 2.24) is 14.5 Å². The van der Waals surface area contributed by atoms with E-state index in [9.17, 15) is 22.8 Å². The molecule has 0 unspecified atom stereocenters. The van der Waals surface area contributed by atoms with E-state index in [1.165, 1.54) is 22.8 Å². The number of hydrogen-bond donors (Lipinski definition) is 1. The zero-order valence-corrected chi connectivity index (χ0v) is 14.2. The van der Waals surface area contributed by atoms with Gasteiger partial charge in [-0.1, -0.05) is 0 Å². The lowest BCUT2D eigenvalue weighted by atomic mass is 10.2. The molecule has 3 heterocycles. The number of alkyl halides is 3. The number of nitrogens with zero attached hydrogens (tertiary/aromatic N) is 2. The molecule has 5 nitrogen and oxygen atoms in total. The summed E-state index contributed by atoms with van der Waals surface area (Å²) in [4.78, 5) is 29.7. The van der Waals surface area contributed by atoms with Gasteiger partial charge in [0.05, 0.1) is 11.3 Å². The molecule has 27 heavy (non-hydrogen) atoms. The maximum atomic E-state index is 12.8. The number of pyridine rings is 1. The van der Waals surface area contributed by atoms with E-state index < -0.39 is 17.3 Å². The predicted molar refractivity (Wildman–Crippen MR) is 94.0 cm³/mol. The summed E-state index contributed by atoms with van der Waals surface area (Å²) in [5.41, 5.74) is -0.157. The Labute approximate surface area is 152 Å². The molecule has 0 aliphatic carbocycles. The van der Waals surface area contributed by atoms with Gasteiger partial charge < -0.3 is 9.88 Å². The number of benzene rings is 1. The second-order valence-electron chi connectivity index (χ2n) is 6.54. The molecule has 4 rings (SSSR count). The van der Waals surface area contributed by atoms with Gasteiger partial charge in [-0.3, -0.25) is 14.2 Å². The summed E-state index contributed by atoms with van der Waals surface area (Å²) in [7, 11) is 0. The summed E-state index contributed by atoms with van der Waals surface area (Å²) in [6.07, 6.45) is -2.53. The third kappa shape index (κ3) is 3.11. The first-order valence-electron chi connectivity index (χ1n) is 8.56. The van der Waals surface area contributed by atoms with Gasteiger partial charge in [0.25, 0.3) is 11.5 Å². The first-order chi connectivity index (χ1) is 12.8. The van der Waals surface area contributed by atoms with Crippen LogP contribution in [0.1, 0.15) is 28.9 Å². The Hall–Kier alpha value is -3.03. The number of nitrogens with one attached hydrogen (secondary N) is 1. The minimum Gasteiger partial charge on any atom is -0.337 e. The van der Waals surface area contributed by atoms with Crippen LogP contribution in [-0.2, 0) is 6.18 Å². The molecule has 0 saturated carbocycles. The van der Waals surface area contributed by atoms with Crippen molar-refractivity contribution in [2.24, 2.45) is 0 Å². The van der Waals surface area contributed by atoms with Crippen molar-refractivity contribution < 1.29 is 18.0 Å². The lowest BCUT2D eigenvalue weighted by molar-refractivity contribution is -0.137. The van der Waals surface area contributed by atoms with E-state index in [0.717, 1.165) is 25.0 Å². The molecular weight excluding hydrogens is 359 g/mol. The average Bonchev–Trinajstić information content (AvgIpc) is 3.30. The Kier molecular flexibility index (Phi) is 4.05. The normalized spacial score (nSPS) is 14.9. The van der Waals surface area contributed by atoms with Crippen LogP contribution in [0.4, 0.5) is 13.2 Å². The zero-order valence-electron chi connectivity index (χ0n) is 14.2. The van der Waals surface area contributed by atoms with Gasteiger partial charge in [0.15, 0.2) is 0 Å². The number of amides is 1. The molecular formula is C19H16F3N3O2. The molecule has 1 N–H and O–H groups in total. The van der Waals surface area contributed by atoms with Crippen molar-refractivity contribution in [3.05, 3.63) is 64.1 Å². The first kappa shape index (κ1) is 17.4. The maximum absolute atomic E-state index is 12.8. The molecule has 140 valence electrons. The Bertz CT molecular complexity index is 1060. The highest BCUT2D eigenvalue weighted by Crippen LogP contribution is 2.30. The summed E-state index contributed by atoms with van der Waals surface area (Å²) >= 11 is 0. The summed E-state index contributed by atoms with van der Waals surface area (Å²) in [6, 6.07) is 8.93. The molecule has 1 fully saturated rings. The standard InChI is InChI=1S/C19H16F3N3O2/c20-19(21,22)13-4-6-14(7-5-13)25-16(26)8-3-12-11-15(23-17(12)25)18(27)24-9-1-2-10-24/h3-8,11,23H,1-2,9-10H2. The third-order valence-corrected chi connectivity index (χ3v) is 4.75. The van der Waals surface area contributed by atoms with E-state index >= 15 is 0 Å². The molecule has 0 spiro atoms. The number of fused-ring (bicyclic) bond motifs is 1. The van der Waals surface area contributed by atoms with Crippen LogP contribution >= 0.6 is 0 Å². The Morgan fingerprint density at radius 2 is 1.67 bits per heavy atom. The van der Waals surface area contributed by atoms with Gasteiger partial charge in [-0.15, -0.1) is 0 Å². The lowest BCUT2D eigenvalue weighted by Crippen LogP contribution is -2.27. The van der Waals surface area contributed by atoms with Crippen LogP contribution in [0.5, 0.6) is 0 Å². The van der Waals surface area contributed by atoms with Crippen molar-refractivity contribution in [1.29, 1.82) is 0 Å². The van der Waals surface area contributed by atoms with E-state index in [1.54, 1.807) is 17.0 Å². The van der Waals surface area contributed by atoms with Gasteiger partial charge >= 0.3 is 6.18 Å². The largest absolute Gasteiger partial charge is 0.416 e. The number of halogens is 3. The molecule has 3 aromatic rings. The quantitative estimate of drug-likeness (QED) is 0.744. The van der Waals surface area contributed by atoms with Gasteiger partial charge in [-0.2, -0.15) is 13.2 Å². The third-order valence-electron chi connectivity index (χ3n) is 4.75. The predicted octanol–water partition coefficient (Wildman–Crippen LogP) is 3.57. The molecule has 0 radical (unpaired) electrons. The Morgan fingerprint density at radius 3 is 2.30 bits per heavy atom. The molecule has 0 bridgehead atoms. The zero-order chi connectivity index (χ0) is 19.2. The van der Waals surface area contributed by atoms with E-state index in [0.29, 0.717) is 35.5 Å². The monoisotopic (exact) mass is 375 g/mol. The van der Waals surface area contributed by atoms with Crippen LogP contribution in [0, 0.1) is 0 Å². The molecule has 1 aliphatic heterocycles. The van der Waals surface area contributed by atoms with Crippen molar-refractivity contribution in [2.75, 3.05) is 13.1 Å². The highest BCUT2D eigenvalue weighted by atomic mass is 19.4. The number of likely N-dealkylation sites (tertiary alicyclic amines) is 1. The first-order valence-corrected chi connectivity index (χ1v) is 8.56. The number of hydrogen-bond acceptors (Lipinski definition) is 2. The van der Waals surface area contributed by atoms with E-state index in [-0.39, 0.29) is 5.91 Å². The van der Waals surface area contributed by atoms with Crippen LogP contribution in [0.2, 0.25) is 0 Å². The average molecular weight is 375 g/mol. The van der Waals surface area contributed by atoms with E-state index in [1.807, 2.05) is 0 Å². The van der Waals surface area contributed by atoms with Crippen LogP contribution in [-0.4, -0.2) is 33.4 Å². The minimum atomic E-state index is -4.45. The van der Waals surface area contributed by atoms with Gasteiger partial charge in [0.1, 0.15) is 11.3 Å². The fourth-order valence-electron chi connectivity index (χ4n) is 3.38. The van der Waals surface area contributed by atoms with Crippen LogP contribution in [0.3, 0.4) is 0 Å². The highest BCUT2D eigenvalue weighted by Gasteiger charge is 2.30. The molecule has 1 saturated heterocycles. The molecule has 0 atom stereocenters. The summed E-state index contributed by atoms with van der Waals surface area (Å²) in [5.74, 6) is -0.143. The topological polar surface area (TPSA) is 58.1 Å². The highest BCUT2D eigenvalue weighted by molar-refractivity contribution is 5.97. The van der Waals surface area contributed by atoms with Crippen molar-refractivity contribution >= 4 is 16.9 Å². The number of carbonyl (C=O) groups excluding carboxylic acids is 1. The second-order valence-corrected chi connectivity index (χ2v) is 6.54. The minimum absolute atomic E-state index is 0.143. The smallest absolute Gasteiger partial charge is 0.337 e. The Balaban J connectivity index is 1.79. The Morgan fingerprint density at radius 1 is 1.00 bits per heavy atom. The fourth-order valence-corrected chi connectivity index (χ4v) is 3.38. The summed E-state index contributed by atoms with van der Waals surface area (Å²) < 4.78 is 39.6. The summed E-state index contributed by atoms with van der Waals surface area (Å²) in [5, 5.41) is 0.636. The van der Waals surface area contributed by atoms with Gasteiger partial charge in [-0.25, -0.2) is 0 Å². The molecule has 1 amide bonds. The van der Waals surface area contributed by atoms with Crippen LogP contribution in [0.25, 0.3) is 16.7 Å². The second kappa shape index (κ2) is 6.29. The van der Waals surface area contributed by atoms with E-state index in [4.69, 9.17) is 0 Å². The molecule has 1 aromatic carbocycles. The van der Waals surface area contributed by atoms with Crippen molar-refractivity contribution in [3.63, 3.8) is 0 Å². The SMILES string of the molecule is O=C(c1cc2ccc(=O)n(-c3ccc(C(F)(F)F)cc3)c2[nH]1)N1CCCC1. The van der Waals surface area contributed by atoms with Crippen molar-refractivity contribution in [3.8, 4) is 5.69 Å². The lowest BCUT2D eigenvalue weighted by Gasteiger charge is -2.13. The van der Waals surface area contributed by atoms with Gasteiger partial charge in [0, 0.05) is 24.5 Å². The fraction of sp³-hybridized carbons (Fsp3) is 0.263. The number of carbonyl (C=O) groups is 1. The van der Waals surface area contributed by atoms with Gasteiger partial charge in [0.2, 0.25) is 0 Å². The maximum Gasteiger partial charge on any atom is 0.416 e. The number of aromatic amines is 1. The summed E-state index contributed by atoms with van der Waals surface area (Å²) in [6.45, 7) is 1.39. The molecule has 1 aliphatic rings. The number of aromatic nitrogens is 2. The van der Waals surface area contributed by atoms with Gasteiger partial charge in [-0.05, 0) is 49.2 Å². The number of rotatable bonds is 2. The van der Waals surface area contributed by atoms with E-state index in [2.05, 4.69) is 4.98 Å². The van der Waals surface area contributed by atoms with Crippen LogP contribution < -0.4 is 5.56 Å².